The van der Waals surface area contributed by atoms with Crippen LogP contribution < -0.4 is 20.9 Å². The molecule has 0 aromatic heterocycles. The van der Waals surface area contributed by atoms with Gasteiger partial charge in [-0.1, -0.05) is 0 Å². The first-order valence-corrected chi connectivity index (χ1v) is 7.38. The summed E-state index contributed by atoms with van der Waals surface area (Å²) in [5, 5.41) is 8.94. The van der Waals surface area contributed by atoms with Crippen LogP contribution in [0.25, 0.3) is 0 Å². The van der Waals surface area contributed by atoms with E-state index in [-0.39, 0.29) is 11.9 Å². The summed E-state index contributed by atoms with van der Waals surface area (Å²) in [6.45, 7) is 3.28. The van der Waals surface area contributed by atoms with Crippen molar-refractivity contribution in [3.63, 3.8) is 0 Å². The number of benzene rings is 1. The number of urea groups is 1. The summed E-state index contributed by atoms with van der Waals surface area (Å²) in [7, 11) is 0. The molecule has 3 amide bonds. The van der Waals surface area contributed by atoms with E-state index in [1.165, 1.54) is 0 Å². The second-order valence-corrected chi connectivity index (χ2v) is 5.54. The Bertz CT molecular complexity index is 523. The molecule has 0 radical (unpaired) electrons. The molecule has 1 aromatic carbocycles. The van der Waals surface area contributed by atoms with Crippen molar-refractivity contribution in [3.8, 4) is 0 Å². The number of nitrogens with one attached hydrogen (secondary N) is 3. The predicted octanol–water partition coefficient (Wildman–Crippen LogP) is 1.15. The van der Waals surface area contributed by atoms with Crippen LogP contribution >= 0.6 is 0 Å². The molecule has 1 unspecified atom stereocenters. The average Bonchev–Trinajstić information content (AvgIpc) is 3.11. The molecule has 2 aliphatic rings. The summed E-state index contributed by atoms with van der Waals surface area (Å²) in [6.07, 6.45) is 1.62. The fourth-order valence-corrected chi connectivity index (χ4v) is 2.81. The van der Waals surface area contributed by atoms with Gasteiger partial charge in [-0.2, -0.15) is 0 Å². The van der Waals surface area contributed by atoms with Gasteiger partial charge in [-0.25, -0.2) is 4.79 Å². The zero-order valence-electron chi connectivity index (χ0n) is 11.9. The van der Waals surface area contributed by atoms with E-state index in [2.05, 4.69) is 16.0 Å². The van der Waals surface area contributed by atoms with Crippen molar-refractivity contribution < 1.29 is 9.59 Å². The minimum absolute atomic E-state index is 0.0513. The molecule has 0 spiro atoms. The topological polar surface area (TPSA) is 73.5 Å². The van der Waals surface area contributed by atoms with Gasteiger partial charge in [0.25, 0.3) is 0 Å². The Kier molecular flexibility index (Phi) is 4.06. The summed E-state index contributed by atoms with van der Waals surface area (Å²) >= 11 is 0. The lowest BCUT2D eigenvalue weighted by atomic mass is 10.0. The molecule has 2 aliphatic heterocycles. The van der Waals surface area contributed by atoms with Gasteiger partial charge in [-0.15, -0.1) is 0 Å². The molecular weight excluding hydrogens is 268 g/mol. The Morgan fingerprint density at radius 3 is 2.71 bits per heavy atom. The third-order valence-corrected chi connectivity index (χ3v) is 3.96. The first-order chi connectivity index (χ1) is 10.2. The van der Waals surface area contributed by atoms with E-state index in [0.717, 1.165) is 30.9 Å². The molecule has 0 aliphatic carbocycles. The molecule has 0 saturated carbocycles. The van der Waals surface area contributed by atoms with Gasteiger partial charge < -0.3 is 16.0 Å². The predicted molar refractivity (Wildman–Crippen MR) is 81.4 cm³/mol. The normalized spacial score (nSPS) is 21.4. The highest BCUT2D eigenvalue weighted by Crippen LogP contribution is 2.20. The Hall–Kier alpha value is -2.08. The van der Waals surface area contributed by atoms with Gasteiger partial charge in [0.15, 0.2) is 0 Å². The standard InChI is InChI=1S/C15H20N4O2/c20-14(9-11-5-6-16-10-11)18-12-1-3-13(4-2-12)19-8-7-17-15(19)21/h1-4,11,16H,5-10H2,(H,17,21)(H,18,20). The zero-order valence-corrected chi connectivity index (χ0v) is 11.9. The molecule has 21 heavy (non-hydrogen) atoms. The van der Waals surface area contributed by atoms with Crippen molar-refractivity contribution in [1.82, 2.24) is 10.6 Å². The van der Waals surface area contributed by atoms with Crippen molar-refractivity contribution in [2.75, 3.05) is 36.4 Å². The Labute approximate surface area is 123 Å². The minimum atomic E-state index is -0.0690. The maximum absolute atomic E-state index is 11.9. The molecule has 1 atom stereocenters. The summed E-state index contributed by atoms with van der Waals surface area (Å²) in [6, 6.07) is 7.33. The Morgan fingerprint density at radius 2 is 2.10 bits per heavy atom. The number of rotatable bonds is 4. The highest BCUT2D eigenvalue weighted by molar-refractivity contribution is 5.95. The van der Waals surface area contributed by atoms with Crippen molar-refractivity contribution in [3.05, 3.63) is 24.3 Å². The van der Waals surface area contributed by atoms with E-state index in [4.69, 9.17) is 0 Å². The summed E-state index contributed by atoms with van der Waals surface area (Å²) < 4.78 is 0. The van der Waals surface area contributed by atoms with Crippen LogP contribution in [-0.2, 0) is 4.79 Å². The monoisotopic (exact) mass is 288 g/mol. The number of anilines is 2. The summed E-state index contributed by atoms with van der Waals surface area (Å²) in [4.78, 5) is 25.2. The Balaban J connectivity index is 1.56. The van der Waals surface area contributed by atoms with Gasteiger partial charge >= 0.3 is 6.03 Å². The van der Waals surface area contributed by atoms with Crippen molar-refractivity contribution in [2.24, 2.45) is 5.92 Å². The van der Waals surface area contributed by atoms with E-state index in [1.807, 2.05) is 24.3 Å². The number of amides is 3. The van der Waals surface area contributed by atoms with Crippen molar-refractivity contribution >= 4 is 23.3 Å². The van der Waals surface area contributed by atoms with Gasteiger partial charge in [0.05, 0.1) is 0 Å². The van der Waals surface area contributed by atoms with Gasteiger partial charge in [0, 0.05) is 30.9 Å². The van der Waals surface area contributed by atoms with Crippen LogP contribution in [0.1, 0.15) is 12.8 Å². The van der Waals surface area contributed by atoms with E-state index >= 15 is 0 Å². The van der Waals surface area contributed by atoms with Gasteiger partial charge in [-0.3, -0.25) is 9.69 Å². The Morgan fingerprint density at radius 1 is 1.29 bits per heavy atom. The largest absolute Gasteiger partial charge is 0.336 e. The molecule has 3 N–H and O–H groups in total. The lowest BCUT2D eigenvalue weighted by molar-refractivity contribution is -0.116. The second kappa shape index (κ2) is 6.13. The third kappa shape index (κ3) is 3.33. The molecule has 2 fully saturated rings. The van der Waals surface area contributed by atoms with Crippen LogP contribution in [0.4, 0.5) is 16.2 Å². The maximum Gasteiger partial charge on any atom is 0.321 e. The number of carbonyl (C=O) groups is 2. The van der Waals surface area contributed by atoms with Crippen LogP contribution in [0.15, 0.2) is 24.3 Å². The van der Waals surface area contributed by atoms with Crippen LogP contribution in [0.3, 0.4) is 0 Å². The van der Waals surface area contributed by atoms with Crippen molar-refractivity contribution in [2.45, 2.75) is 12.8 Å². The highest BCUT2D eigenvalue weighted by atomic mass is 16.2. The number of carbonyl (C=O) groups excluding carboxylic acids is 2. The lowest BCUT2D eigenvalue weighted by Crippen LogP contribution is -2.27. The third-order valence-electron chi connectivity index (χ3n) is 3.96. The molecule has 6 heteroatoms. The second-order valence-electron chi connectivity index (χ2n) is 5.54. The fraction of sp³-hybridized carbons (Fsp3) is 0.467. The first-order valence-electron chi connectivity index (χ1n) is 7.38. The summed E-state index contributed by atoms with van der Waals surface area (Å²) in [5.74, 6) is 0.493. The molecule has 2 saturated heterocycles. The summed E-state index contributed by atoms with van der Waals surface area (Å²) in [5.41, 5.74) is 1.62. The molecule has 2 heterocycles. The van der Waals surface area contributed by atoms with E-state index in [0.29, 0.717) is 25.4 Å². The molecular formula is C15H20N4O2. The van der Waals surface area contributed by atoms with Crippen LogP contribution in [-0.4, -0.2) is 38.1 Å². The zero-order chi connectivity index (χ0) is 14.7. The average molecular weight is 288 g/mol. The number of hydrogen-bond donors (Lipinski definition) is 3. The van der Waals surface area contributed by atoms with Gasteiger partial charge in [0.1, 0.15) is 0 Å². The van der Waals surface area contributed by atoms with E-state index < -0.39 is 0 Å². The first kappa shape index (κ1) is 13.9. The fourth-order valence-electron chi connectivity index (χ4n) is 2.81. The molecule has 1 aromatic rings. The molecule has 112 valence electrons. The van der Waals surface area contributed by atoms with Gasteiger partial charge in [0.2, 0.25) is 5.91 Å². The number of nitrogens with zero attached hydrogens (tertiary/aromatic N) is 1. The molecule has 6 nitrogen and oxygen atoms in total. The minimum Gasteiger partial charge on any atom is -0.336 e. The number of hydrogen-bond acceptors (Lipinski definition) is 3. The maximum atomic E-state index is 11.9. The van der Waals surface area contributed by atoms with E-state index in [9.17, 15) is 9.59 Å². The highest BCUT2D eigenvalue weighted by Gasteiger charge is 2.21. The molecule has 3 rings (SSSR count). The van der Waals surface area contributed by atoms with Crippen LogP contribution in [0.5, 0.6) is 0 Å². The van der Waals surface area contributed by atoms with Crippen LogP contribution in [0, 0.1) is 5.92 Å². The smallest absolute Gasteiger partial charge is 0.321 e. The van der Waals surface area contributed by atoms with E-state index in [1.54, 1.807) is 4.90 Å². The SMILES string of the molecule is O=C(CC1CCNC1)Nc1ccc(N2CCNC2=O)cc1. The molecule has 0 bridgehead atoms. The van der Waals surface area contributed by atoms with Crippen LogP contribution in [0.2, 0.25) is 0 Å². The van der Waals surface area contributed by atoms with Gasteiger partial charge in [-0.05, 0) is 49.7 Å². The van der Waals surface area contributed by atoms with Crippen molar-refractivity contribution in [1.29, 1.82) is 0 Å². The quantitative estimate of drug-likeness (QED) is 0.778. The lowest BCUT2D eigenvalue weighted by Gasteiger charge is -2.15.